The summed E-state index contributed by atoms with van der Waals surface area (Å²) in [4.78, 5) is 10.4. The smallest absolute Gasteiger partial charge is 0.307 e. The zero-order valence-electron chi connectivity index (χ0n) is 8.01. The van der Waals surface area contributed by atoms with Crippen LogP contribution in [0, 0.1) is 0 Å². The summed E-state index contributed by atoms with van der Waals surface area (Å²) >= 11 is 1.67. The summed E-state index contributed by atoms with van der Waals surface area (Å²) in [5, 5.41) is 11.8. The third kappa shape index (κ3) is 2.25. The van der Waals surface area contributed by atoms with Crippen molar-refractivity contribution < 1.29 is 9.90 Å². The van der Waals surface area contributed by atoms with Gasteiger partial charge in [-0.25, -0.2) is 0 Å². The predicted octanol–water partition coefficient (Wildman–Crippen LogP) is 3.39. The second-order valence-electron chi connectivity index (χ2n) is 3.19. The highest BCUT2D eigenvalue weighted by atomic mass is 32.1. The maximum Gasteiger partial charge on any atom is 0.307 e. The van der Waals surface area contributed by atoms with Crippen molar-refractivity contribution in [3.8, 4) is 0 Å². The summed E-state index contributed by atoms with van der Waals surface area (Å²) in [5.74, 6) is -0.801. The molecule has 0 atom stereocenters. The standard InChI is InChI=1S/C12H10O2S/c13-11(14)6-2-5-9-3-1-4-10-7-8-15-12(9)10/h1-5,7-8H,6H2,(H,13,14). The molecule has 0 spiro atoms. The van der Waals surface area contributed by atoms with Gasteiger partial charge in [0.15, 0.2) is 0 Å². The molecule has 0 unspecified atom stereocenters. The van der Waals surface area contributed by atoms with Crippen LogP contribution in [0.2, 0.25) is 0 Å². The highest BCUT2D eigenvalue weighted by Gasteiger charge is 1.98. The van der Waals surface area contributed by atoms with Gasteiger partial charge in [-0.1, -0.05) is 30.4 Å². The monoisotopic (exact) mass is 218 g/mol. The van der Waals surface area contributed by atoms with Gasteiger partial charge in [0.2, 0.25) is 0 Å². The molecule has 76 valence electrons. The first-order valence-corrected chi connectivity index (χ1v) is 5.50. The lowest BCUT2D eigenvalue weighted by Crippen LogP contribution is -1.89. The van der Waals surface area contributed by atoms with Crippen molar-refractivity contribution in [3.05, 3.63) is 41.3 Å². The predicted molar refractivity (Wildman–Crippen MR) is 63.1 cm³/mol. The van der Waals surface area contributed by atoms with E-state index in [1.807, 2.05) is 23.6 Å². The maximum atomic E-state index is 10.4. The molecule has 3 heteroatoms. The molecule has 0 aliphatic rings. The van der Waals surface area contributed by atoms with Gasteiger partial charge in [-0.3, -0.25) is 4.79 Å². The number of hydrogen-bond donors (Lipinski definition) is 1. The number of carboxylic acids is 1. The van der Waals surface area contributed by atoms with Crippen LogP contribution < -0.4 is 0 Å². The fourth-order valence-electron chi connectivity index (χ4n) is 1.43. The lowest BCUT2D eigenvalue weighted by atomic mass is 10.1. The first kappa shape index (κ1) is 9.93. The van der Waals surface area contributed by atoms with Gasteiger partial charge in [0, 0.05) is 4.70 Å². The van der Waals surface area contributed by atoms with E-state index in [1.165, 1.54) is 10.1 Å². The van der Waals surface area contributed by atoms with E-state index >= 15 is 0 Å². The maximum absolute atomic E-state index is 10.4. The number of fused-ring (bicyclic) bond motifs is 1. The van der Waals surface area contributed by atoms with Crippen LogP contribution in [0.4, 0.5) is 0 Å². The molecule has 0 fully saturated rings. The molecular formula is C12H10O2S. The normalized spacial score (nSPS) is 11.2. The Morgan fingerprint density at radius 3 is 3.07 bits per heavy atom. The van der Waals surface area contributed by atoms with Crippen LogP contribution in [0.1, 0.15) is 12.0 Å². The molecule has 2 rings (SSSR count). The first-order valence-electron chi connectivity index (χ1n) is 4.62. The number of benzene rings is 1. The molecule has 2 nitrogen and oxygen atoms in total. The molecule has 1 N–H and O–H groups in total. The number of thiophene rings is 1. The summed E-state index contributed by atoms with van der Waals surface area (Å²) in [6.07, 6.45) is 3.62. The lowest BCUT2D eigenvalue weighted by Gasteiger charge is -1.95. The zero-order valence-corrected chi connectivity index (χ0v) is 8.83. The van der Waals surface area contributed by atoms with E-state index in [9.17, 15) is 4.79 Å². The Balaban J connectivity index is 2.31. The van der Waals surface area contributed by atoms with E-state index in [-0.39, 0.29) is 6.42 Å². The Kier molecular flexibility index (Phi) is 2.83. The molecule has 0 saturated carbocycles. The quantitative estimate of drug-likeness (QED) is 0.857. The van der Waals surface area contributed by atoms with Crippen molar-refractivity contribution in [3.63, 3.8) is 0 Å². The summed E-state index contributed by atoms with van der Waals surface area (Å²) in [7, 11) is 0. The zero-order chi connectivity index (χ0) is 10.7. The summed E-state index contributed by atoms with van der Waals surface area (Å²) in [6, 6.07) is 8.10. The number of hydrogen-bond acceptors (Lipinski definition) is 2. The van der Waals surface area contributed by atoms with Gasteiger partial charge in [-0.15, -0.1) is 11.3 Å². The van der Waals surface area contributed by atoms with Crippen molar-refractivity contribution in [2.75, 3.05) is 0 Å². The molecule has 1 aromatic carbocycles. The molecule has 0 aliphatic carbocycles. The van der Waals surface area contributed by atoms with Crippen LogP contribution >= 0.6 is 11.3 Å². The van der Waals surface area contributed by atoms with Crippen LogP contribution in [0.25, 0.3) is 16.2 Å². The van der Waals surface area contributed by atoms with E-state index in [2.05, 4.69) is 12.1 Å². The average Bonchev–Trinajstić information content (AvgIpc) is 2.65. The SMILES string of the molecule is O=C(O)CC=Cc1cccc2ccsc12. The minimum absolute atomic E-state index is 0.0712. The minimum Gasteiger partial charge on any atom is -0.481 e. The van der Waals surface area contributed by atoms with Gasteiger partial charge in [-0.05, 0) is 22.4 Å². The van der Waals surface area contributed by atoms with Crippen molar-refractivity contribution in [1.82, 2.24) is 0 Å². The molecule has 0 saturated heterocycles. The number of carbonyl (C=O) groups is 1. The first-order chi connectivity index (χ1) is 7.27. The highest BCUT2D eigenvalue weighted by molar-refractivity contribution is 7.17. The number of aliphatic carboxylic acids is 1. The molecule has 2 aromatic rings. The van der Waals surface area contributed by atoms with Crippen LogP contribution in [0.3, 0.4) is 0 Å². The van der Waals surface area contributed by atoms with Gasteiger partial charge < -0.3 is 5.11 Å². The second kappa shape index (κ2) is 4.28. The van der Waals surface area contributed by atoms with Gasteiger partial charge in [0.1, 0.15) is 0 Å². The fraction of sp³-hybridized carbons (Fsp3) is 0.0833. The topological polar surface area (TPSA) is 37.3 Å². The number of carboxylic acid groups (broad SMARTS) is 1. The molecule has 0 radical (unpaired) electrons. The Morgan fingerprint density at radius 2 is 2.27 bits per heavy atom. The summed E-state index contributed by atoms with van der Waals surface area (Å²) in [5.41, 5.74) is 1.09. The Labute approximate surface area is 91.5 Å². The third-order valence-corrected chi connectivity index (χ3v) is 3.08. The van der Waals surface area contributed by atoms with Crippen LogP contribution in [0.5, 0.6) is 0 Å². The van der Waals surface area contributed by atoms with Crippen LogP contribution in [0.15, 0.2) is 35.7 Å². The molecule has 1 aromatic heterocycles. The molecule has 1 heterocycles. The lowest BCUT2D eigenvalue weighted by molar-refractivity contribution is -0.135. The van der Waals surface area contributed by atoms with Gasteiger partial charge in [-0.2, -0.15) is 0 Å². The van der Waals surface area contributed by atoms with E-state index in [1.54, 1.807) is 17.4 Å². The summed E-state index contributed by atoms with van der Waals surface area (Å²) < 4.78 is 1.21. The molecular weight excluding hydrogens is 208 g/mol. The highest BCUT2D eigenvalue weighted by Crippen LogP contribution is 2.25. The Hall–Kier alpha value is -1.61. The minimum atomic E-state index is -0.801. The van der Waals surface area contributed by atoms with Gasteiger partial charge >= 0.3 is 5.97 Å². The van der Waals surface area contributed by atoms with Crippen molar-refractivity contribution >= 4 is 33.5 Å². The van der Waals surface area contributed by atoms with E-state index in [4.69, 9.17) is 5.11 Å². The molecule has 0 amide bonds. The van der Waals surface area contributed by atoms with Crippen molar-refractivity contribution in [1.29, 1.82) is 0 Å². The third-order valence-electron chi connectivity index (χ3n) is 2.10. The fourth-order valence-corrected chi connectivity index (χ4v) is 2.33. The van der Waals surface area contributed by atoms with Crippen LogP contribution in [-0.2, 0) is 4.79 Å². The number of rotatable bonds is 3. The molecule has 0 bridgehead atoms. The van der Waals surface area contributed by atoms with Gasteiger partial charge in [0.05, 0.1) is 6.42 Å². The van der Waals surface area contributed by atoms with Crippen molar-refractivity contribution in [2.24, 2.45) is 0 Å². The summed E-state index contributed by atoms with van der Waals surface area (Å²) in [6.45, 7) is 0. The Bertz CT molecular complexity index is 511. The molecule has 0 aliphatic heterocycles. The van der Waals surface area contributed by atoms with Crippen LogP contribution in [-0.4, -0.2) is 11.1 Å². The van der Waals surface area contributed by atoms with Gasteiger partial charge in [0.25, 0.3) is 0 Å². The largest absolute Gasteiger partial charge is 0.481 e. The van der Waals surface area contributed by atoms with E-state index in [0.717, 1.165) is 5.56 Å². The second-order valence-corrected chi connectivity index (χ2v) is 4.10. The average molecular weight is 218 g/mol. The molecule has 15 heavy (non-hydrogen) atoms. The van der Waals surface area contributed by atoms with E-state index in [0.29, 0.717) is 0 Å². The van der Waals surface area contributed by atoms with Crippen molar-refractivity contribution in [2.45, 2.75) is 6.42 Å². The Morgan fingerprint density at radius 1 is 1.40 bits per heavy atom. The van der Waals surface area contributed by atoms with E-state index < -0.39 is 5.97 Å².